The van der Waals surface area contributed by atoms with E-state index in [0.29, 0.717) is 17.2 Å². The highest BCUT2D eigenvalue weighted by molar-refractivity contribution is 5.95. The number of rotatable bonds is 1. The molecule has 27 heavy (non-hydrogen) atoms. The molecule has 2 saturated carbocycles. The number of likely N-dealkylation sites (tertiary alicyclic amines) is 1. The normalized spacial score (nSPS) is 41.6. The van der Waals surface area contributed by atoms with Crippen molar-refractivity contribution < 1.29 is 4.79 Å². The predicted molar refractivity (Wildman–Crippen MR) is 110 cm³/mol. The standard InChI is InChI=1S/C25H37NO/c1-24-13-8-10-21(24)19-12-11-18-9-4-5-14-25(18,2)22(19)20(17-24)23(27)26-15-6-3-7-16-26/h9,19,21H,3-8,10-17H2,1-2H3/t19-,21-,24-,25-/m0/s1. The highest BCUT2D eigenvalue weighted by atomic mass is 16.2. The molecule has 1 amide bonds. The van der Waals surface area contributed by atoms with Crippen molar-refractivity contribution in [2.75, 3.05) is 13.1 Å². The van der Waals surface area contributed by atoms with Gasteiger partial charge in [0.05, 0.1) is 0 Å². The fourth-order valence-electron chi connectivity index (χ4n) is 7.77. The molecule has 0 N–H and O–H groups in total. The lowest BCUT2D eigenvalue weighted by molar-refractivity contribution is -0.129. The third kappa shape index (κ3) is 2.69. The average Bonchev–Trinajstić information content (AvgIpc) is 3.08. The van der Waals surface area contributed by atoms with Crippen LogP contribution in [0.25, 0.3) is 0 Å². The first-order chi connectivity index (χ1) is 13.0. The summed E-state index contributed by atoms with van der Waals surface area (Å²) in [6, 6.07) is 0. The Kier molecular flexibility index (Phi) is 4.33. The number of allylic oxidation sites excluding steroid dienone is 3. The molecule has 0 aromatic rings. The number of piperidine rings is 1. The minimum absolute atomic E-state index is 0.186. The topological polar surface area (TPSA) is 20.3 Å². The molecule has 4 atom stereocenters. The van der Waals surface area contributed by atoms with Crippen LogP contribution in [-0.4, -0.2) is 23.9 Å². The van der Waals surface area contributed by atoms with E-state index in [1.807, 2.05) is 0 Å². The second kappa shape index (κ2) is 6.49. The lowest BCUT2D eigenvalue weighted by Gasteiger charge is -2.54. The summed E-state index contributed by atoms with van der Waals surface area (Å²) in [5, 5.41) is 0. The summed E-state index contributed by atoms with van der Waals surface area (Å²) in [5.41, 5.74) is 5.13. The van der Waals surface area contributed by atoms with Gasteiger partial charge in [0.25, 0.3) is 0 Å². The number of carbonyl (C=O) groups excluding carboxylic acids is 1. The van der Waals surface area contributed by atoms with Crippen molar-refractivity contribution in [2.45, 2.75) is 90.9 Å². The first-order valence-electron chi connectivity index (χ1n) is 11.8. The minimum Gasteiger partial charge on any atom is -0.339 e. The predicted octanol–water partition coefficient (Wildman–Crippen LogP) is 6.03. The van der Waals surface area contributed by atoms with Crippen molar-refractivity contribution in [2.24, 2.45) is 22.7 Å². The van der Waals surface area contributed by atoms with E-state index in [1.165, 1.54) is 76.2 Å². The van der Waals surface area contributed by atoms with Crippen LogP contribution >= 0.6 is 0 Å². The van der Waals surface area contributed by atoms with Crippen LogP contribution in [0.5, 0.6) is 0 Å². The third-order valence-electron chi connectivity index (χ3n) is 9.12. The lowest BCUT2D eigenvalue weighted by atomic mass is 9.50. The molecule has 5 rings (SSSR count). The van der Waals surface area contributed by atoms with Crippen LogP contribution in [0, 0.1) is 22.7 Å². The van der Waals surface area contributed by atoms with Crippen molar-refractivity contribution in [1.29, 1.82) is 0 Å². The van der Waals surface area contributed by atoms with E-state index in [2.05, 4.69) is 24.8 Å². The summed E-state index contributed by atoms with van der Waals surface area (Å²) in [7, 11) is 0. The van der Waals surface area contributed by atoms with Gasteiger partial charge < -0.3 is 4.90 Å². The molecule has 5 aliphatic rings. The van der Waals surface area contributed by atoms with E-state index in [0.717, 1.165) is 25.4 Å². The van der Waals surface area contributed by atoms with Crippen molar-refractivity contribution in [3.05, 3.63) is 22.8 Å². The quantitative estimate of drug-likeness (QED) is 0.518. The maximum Gasteiger partial charge on any atom is 0.249 e. The summed E-state index contributed by atoms with van der Waals surface area (Å²) in [6.45, 7) is 6.99. The number of carbonyl (C=O) groups is 1. The number of nitrogens with zero attached hydrogens (tertiary/aromatic N) is 1. The summed E-state index contributed by atoms with van der Waals surface area (Å²) < 4.78 is 0. The zero-order chi connectivity index (χ0) is 18.6. The first kappa shape index (κ1) is 18.0. The van der Waals surface area contributed by atoms with Gasteiger partial charge >= 0.3 is 0 Å². The van der Waals surface area contributed by atoms with E-state index in [9.17, 15) is 4.79 Å². The molecule has 0 aromatic heterocycles. The minimum atomic E-state index is 0.186. The smallest absolute Gasteiger partial charge is 0.249 e. The number of amides is 1. The van der Waals surface area contributed by atoms with E-state index in [-0.39, 0.29) is 5.41 Å². The van der Waals surface area contributed by atoms with Crippen LogP contribution in [0.2, 0.25) is 0 Å². The van der Waals surface area contributed by atoms with Gasteiger partial charge in [-0.2, -0.15) is 0 Å². The van der Waals surface area contributed by atoms with E-state index < -0.39 is 0 Å². The second-order valence-electron chi connectivity index (χ2n) is 10.7. The van der Waals surface area contributed by atoms with Crippen LogP contribution in [0.3, 0.4) is 0 Å². The molecule has 148 valence electrons. The molecule has 0 spiro atoms. The monoisotopic (exact) mass is 367 g/mol. The molecule has 4 aliphatic carbocycles. The Bertz CT molecular complexity index is 697. The molecule has 3 fully saturated rings. The van der Waals surface area contributed by atoms with Crippen molar-refractivity contribution in [3.8, 4) is 0 Å². The van der Waals surface area contributed by atoms with Gasteiger partial charge in [-0.15, -0.1) is 0 Å². The SMILES string of the molecule is C[C@]12CCCC=C1CC[C@@H]1C2=C(C(=O)N2CCCCC2)C[C@]2(C)CCC[C@@H]12. The van der Waals surface area contributed by atoms with Gasteiger partial charge in [0.1, 0.15) is 0 Å². The van der Waals surface area contributed by atoms with Gasteiger partial charge in [-0.3, -0.25) is 4.79 Å². The number of hydrogen-bond donors (Lipinski definition) is 0. The summed E-state index contributed by atoms with van der Waals surface area (Å²) >= 11 is 0. The molecular formula is C25H37NO. The Morgan fingerprint density at radius 2 is 1.85 bits per heavy atom. The van der Waals surface area contributed by atoms with Crippen molar-refractivity contribution >= 4 is 5.91 Å². The summed E-state index contributed by atoms with van der Waals surface area (Å²) in [4.78, 5) is 16.0. The maximum atomic E-state index is 13.8. The molecule has 1 saturated heterocycles. The average molecular weight is 368 g/mol. The van der Waals surface area contributed by atoms with Crippen LogP contribution < -0.4 is 0 Å². The Morgan fingerprint density at radius 3 is 2.67 bits per heavy atom. The molecule has 0 radical (unpaired) electrons. The Hall–Kier alpha value is -1.05. The molecule has 2 nitrogen and oxygen atoms in total. The molecule has 0 unspecified atom stereocenters. The van der Waals surface area contributed by atoms with Gasteiger partial charge in [-0.05, 0) is 93.5 Å². The Morgan fingerprint density at radius 1 is 1.04 bits per heavy atom. The van der Waals surface area contributed by atoms with Gasteiger partial charge in [0, 0.05) is 24.1 Å². The fraction of sp³-hybridized carbons (Fsp3) is 0.800. The molecule has 2 heteroatoms. The summed E-state index contributed by atoms with van der Waals surface area (Å²) in [5.74, 6) is 1.93. The molecular weight excluding hydrogens is 330 g/mol. The lowest BCUT2D eigenvalue weighted by Crippen LogP contribution is -2.47. The van der Waals surface area contributed by atoms with E-state index >= 15 is 0 Å². The Labute approximate surface area is 165 Å². The summed E-state index contributed by atoms with van der Waals surface area (Å²) in [6.07, 6.45) is 17.8. The third-order valence-corrected chi connectivity index (χ3v) is 9.12. The Balaban J connectivity index is 1.63. The van der Waals surface area contributed by atoms with E-state index in [1.54, 1.807) is 11.1 Å². The largest absolute Gasteiger partial charge is 0.339 e. The molecule has 1 heterocycles. The van der Waals surface area contributed by atoms with Crippen LogP contribution in [-0.2, 0) is 4.79 Å². The maximum absolute atomic E-state index is 13.8. The van der Waals surface area contributed by atoms with Crippen molar-refractivity contribution in [3.63, 3.8) is 0 Å². The number of fused-ring (bicyclic) bond motifs is 5. The van der Waals surface area contributed by atoms with Crippen LogP contribution in [0.1, 0.15) is 90.9 Å². The number of hydrogen-bond acceptors (Lipinski definition) is 1. The molecule has 0 bridgehead atoms. The second-order valence-corrected chi connectivity index (χ2v) is 10.7. The van der Waals surface area contributed by atoms with Crippen molar-refractivity contribution in [1.82, 2.24) is 4.90 Å². The zero-order valence-electron chi connectivity index (χ0n) is 17.5. The van der Waals surface area contributed by atoms with Gasteiger partial charge in [-0.25, -0.2) is 0 Å². The molecule has 1 aliphatic heterocycles. The fourth-order valence-corrected chi connectivity index (χ4v) is 7.77. The van der Waals surface area contributed by atoms with Gasteiger partial charge in [0.15, 0.2) is 0 Å². The van der Waals surface area contributed by atoms with Gasteiger partial charge in [-0.1, -0.05) is 31.9 Å². The first-order valence-corrected chi connectivity index (χ1v) is 11.8. The zero-order valence-corrected chi connectivity index (χ0v) is 17.5. The van der Waals surface area contributed by atoms with Crippen LogP contribution in [0.4, 0.5) is 0 Å². The van der Waals surface area contributed by atoms with Gasteiger partial charge in [0.2, 0.25) is 5.91 Å². The highest BCUT2D eigenvalue weighted by Crippen LogP contribution is 2.65. The van der Waals surface area contributed by atoms with Crippen LogP contribution in [0.15, 0.2) is 22.8 Å². The highest BCUT2D eigenvalue weighted by Gasteiger charge is 2.55. The van der Waals surface area contributed by atoms with E-state index in [4.69, 9.17) is 0 Å². The molecule has 0 aromatic carbocycles.